The van der Waals surface area contributed by atoms with Crippen LogP contribution >= 0.6 is 11.3 Å². The van der Waals surface area contributed by atoms with Crippen LogP contribution in [0.2, 0.25) is 0 Å². The van der Waals surface area contributed by atoms with Crippen molar-refractivity contribution in [2.24, 2.45) is 0 Å². The van der Waals surface area contributed by atoms with Gasteiger partial charge < -0.3 is 10.1 Å². The Labute approximate surface area is 106 Å². The molecule has 0 bridgehead atoms. The molecule has 0 aliphatic carbocycles. The van der Waals surface area contributed by atoms with Crippen LogP contribution in [0.1, 0.15) is 19.5 Å². The smallest absolute Gasteiger partial charge is 0.193 e. The van der Waals surface area contributed by atoms with Gasteiger partial charge in [0.05, 0.1) is 18.4 Å². The molecule has 0 saturated heterocycles. The minimum Gasteiger partial charge on any atom is -0.377 e. The van der Waals surface area contributed by atoms with Gasteiger partial charge in [-0.3, -0.25) is 4.40 Å². The van der Waals surface area contributed by atoms with Crippen LogP contribution in [0.25, 0.3) is 4.96 Å². The number of likely N-dealkylation sites (N-methyl/N-ethyl adjacent to an activating group) is 1. The van der Waals surface area contributed by atoms with Gasteiger partial charge in [-0.15, -0.1) is 11.3 Å². The van der Waals surface area contributed by atoms with Crippen molar-refractivity contribution in [2.45, 2.75) is 32.4 Å². The number of fused-ring (bicyclic) bond motifs is 1. The lowest BCUT2D eigenvalue weighted by molar-refractivity contribution is 0.0626. The minimum absolute atomic E-state index is 0.274. The van der Waals surface area contributed by atoms with Crippen LogP contribution in [0, 0.1) is 0 Å². The third-order valence-electron chi connectivity index (χ3n) is 2.64. The summed E-state index contributed by atoms with van der Waals surface area (Å²) in [5.74, 6) is 0. The highest BCUT2D eigenvalue weighted by Crippen LogP contribution is 2.12. The van der Waals surface area contributed by atoms with Gasteiger partial charge in [0.15, 0.2) is 4.96 Å². The number of thiazole rings is 1. The number of hydrogen-bond donors (Lipinski definition) is 1. The zero-order chi connectivity index (χ0) is 12.3. The Bertz CT molecular complexity index is 434. The number of imidazole rings is 1. The molecule has 94 valence electrons. The molecule has 2 rings (SSSR count). The van der Waals surface area contributed by atoms with Crippen LogP contribution in [0.3, 0.4) is 0 Å². The van der Waals surface area contributed by atoms with E-state index in [1.54, 1.807) is 11.3 Å². The molecule has 1 atom stereocenters. The summed E-state index contributed by atoms with van der Waals surface area (Å²) in [7, 11) is 1.97. The van der Waals surface area contributed by atoms with E-state index in [0.717, 1.165) is 23.7 Å². The third kappa shape index (κ3) is 3.28. The van der Waals surface area contributed by atoms with Crippen molar-refractivity contribution in [1.29, 1.82) is 0 Å². The van der Waals surface area contributed by atoms with Gasteiger partial charge in [-0.25, -0.2) is 4.98 Å². The second-order valence-electron chi connectivity index (χ2n) is 4.40. The Morgan fingerprint density at radius 2 is 2.35 bits per heavy atom. The number of hydrogen-bond acceptors (Lipinski definition) is 4. The SMILES string of the molecule is CNC(COC(C)C)Cc1cn2ccsc2n1. The van der Waals surface area contributed by atoms with Gasteiger partial charge in [0, 0.05) is 30.2 Å². The summed E-state index contributed by atoms with van der Waals surface area (Å²) in [5, 5.41) is 5.32. The van der Waals surface area contributed by atoms with Gasteiger partial charge in [0.1, 0.15) is 0 Å². The molecule has 0 aliphatic heterocycles. The molecule has 5 heteroatoms. The Morgan fingerprint density at radius 1 is 1.53 bits per heavy atom. The maximum atomic E-state index is 5.63. The van der Waals surface area contributed by atoms with Crippen molar-refractivity contribution in [2.75, 3.05) is 13.7 Å². The van der Waals surface area contributed by atoms with E-state index < -0.39 is 0 Å². The van der Waals surface area contributed by atoms with Crippen LogP contribution in [-0.4, -0.2) is 35.2 Å². The van der Waals surface area contributed by atoms with Gasteiger partial charge in [-0.05, 0) is 20.9 Å². The summed E-state index contributed by atoms with van der Waals surface area (Å²) in [6.07, 6.45) is 5.30. The van der Waals surface area contributed by atoms with E-state index >= 15 is 0 Å². The molecule has 2 heterocycles. The lowest BCUT2D eigenvalue weighted by atomic mass is 10.2. The van der Waals surface area contributed by atoms with Crippen molar-refractivity contribution in [3.63, 3.8) is 0 Å². The van der Waals surface area contributed by atoms with Crippen molar-refractivity contribution >= 4 is 16.3 Å². The zero-order valence-corrected chi connectivity index (χ0v) is 11.3. The molecule has 0 radical (unpaired) electrons. The molecule has 1 unspecified atom stereocenters. The van der Waals surface area contributed by atoms with E-state index in [-0.39, 0.29) is 6.10 Å². The molecule has 1 N–H and O–H groups in total. The van der Waals surface area contributed by atoms with Crippen LogP contribution in [0.4, 0.5) is 0 Å². The molecule has 17 heavy (non-hydrogen) atoms. The number of rotatable bonds is 6. The van der Waals surface area contributed by atoms with Gasteiger partial charge in [0.2, 0.25) is 0 Å². The van der Waals surface area contributed by atoms with Crippen molar-refractivity contribution in [1.82, 2.24) is 14.7 Å². The Hall–Kier alpha value is -0.910. The molecule has 0 aromatic carbocycles. The normalized spacial score (nSPS) is 13.6. The predicted octanol–water partition coefficient (Wildman–Crippen LogP) is 1.95. The molecule has 0 spiro atoms. The van der Waals surface area contributed by atoms with E-state index in [0.29, 0.717) is 6.04 Å². The standard InChI is InChI=1S/C12H19N3OS/c1-9(2)16-8-11(13-3)6-10-7-15-4-5-17-12(15)14-10/h4-5,7,9,11,13H,6,8H2,1-3H3. The van der Waals surface area contributed by atoms with Crippen molar-refractivity contribution in [3.05, 3.63) is 23.5 Å². The monoisotopic (exact) mass is 253 g/mol. The Balaban J connectivity index is 1.95. The van der Waals surface area contributed by atoms with E-state index in [2.05, 4.69) is 34.7 Å². The lowest BCUT2D eigenvalue weighted by Gasteiger charge is -2.16. The first-order valence-corrected chi connectivity index (χ1v) is 6.77. The highest BCUT2D eigenvalue weighted by molar-refractivity contribution is 7.15. The second kappa shape index (κ2) is 5.62. The van der Waals surface area contributed by atoms with Crippen LogP contribution < -0.4 is 5.32 Å². The number of nitrogens with one attached hydrogen (secondary N) is 1. The van der Waals surface area contributed by atoms with Gasteiger partial charge >= 0.3 is 0 Å². The van der Waals surface area contributed by atoms with Crippen LogP contribution in [-0.2, 0) is 11.2 Å². The first-order chi connectivity index (χ1) is 8.19. The summed E-state index contributed by atoms with van der Waals surface area (Å²) in [4.78, 5) is 5.63. The van der Waals surface area contributed by atoms with Crippen LogP contribution in [0.5, 0.6) is 0 Å². The first-order valence-electron chi connectivity index (χ1n) is 5.89. The average molecular weight is 253 g/mol. The molecule has 0 fully saturated rings. The fourth-order valence-corrected chi connectivity index (χ4v) is 2.40. The number of ether oxygens (including phenoxy) is 1. The van der Waals surface area contributed by atoms with Crippen molar-refractivity contribution in [3.8, 4) is 0 Å². The molecule has 0 aliphatic rings. The first kappa shape index (κ1) is 12.5. The maximum Gasteiger partial charge on any atom is 0.193 e. The molecule has 2 aromatic rings. The fourth-order valence-electron chi connectivity index (χ4n) is 1.68. The number of aromatic nitrogens is 2. The molecule has 0 amide bonds. The fraction of sp³-hybridized carbons (Fsp3) is 0.583. The summed E-state index contributed by atoms with van der Waals surface area (Å²) in [5.41, 5.74) is 1.11. The summed E-state index contributed by atoms with van der Waals surface area (Å²) >= 11 is 1.66. The molecule has 2 aromatic heterocycles. The highest BCUT2D eigenvalue weighted by atomic mass is 32.1. The van der Waals surface area contributed by atoms with Gasteiger partial charge in [0.25, 0.3) is 0 Å². The molecule has 0 saturated carbocycles. The predicted molar refractivity (Wildman–Crippen MR) is 70.7 cm³/mol. The third-order valence-corrected chi connectivity index (χ3v) is 3.41. The average Bonchev–Trinajstić information content (AvgIpc) is 2.83. The van der Waals surface area contributed by atoms with E-state index in [1.807, 2.05) is 18.6 Å². The summed E-state index contributed by atoms with van der Waals surface area (Å²) in [6, 6.07) is 0.321. The minimum atomic E-state index is 0.274. The lowest BCUT2D eigenvalue weighted by Crippen LogP contribution is -2.33. The molecular formula is C12H19N3OS. The zero-order valence-electron chi connectivity index (χ0n) is 10.5. The largest absolute Gasteiger partial charge is 0.377 e. The maximum absolute atomic E-state index is 5.63. The number of nitrogens with zero attached hydrogens (tertiary/aromatic N) is 2. The topological polar surface area (TPSA) is 38.6 Å². The molecular weight excluding hydrogens is 234 g/mol. The molecule has 4 nitrogen and oxygen atoms in total. The van der Waals surface area contributed by atoms with E-state index in [1.165, 1.54) is 0 Å². The Kier molecular flexibility index (Phi) is 4.15. The van der Waals surface area contributed by atoms with Crippen LogP contribution in [0.15, 0.2) is 17.8 Å². The van der Waals surface area contributed by atoms with Gasteiger partial charge in [-0.2, -0.15) is 0 Å². The van der Waals surface area contributed by atoms with Gasteiger partial charge in [-0.1, -0.05) is 0 Å². The Morgan fingerprint density at radius 3 is 3.00 bits per heavy atom. The van der Waals surface area contributed by atoms with E-state index in [4.69, 9.17) is 4.74 Å². The summed E-state index contributed by atoms with van der Waals surface area (Å²) in [6.45, 7) is 4.83. The quantitative estimate of drug-likeness (QED) is 0.855. The highest BCUT2D eigenvalue weighted by Gasteiger charge is 2.11. The van der Waals surface area contributed by atoms with Crippen molar-refractivity contribution < 1.29 is 4.74 Å². The van der Waals surface area contributed by atoms with E-state index in [9.17, 15) is 0 Å². The second-order valence-corrected chi connectivity index (χ2v) is 5.27. The summed E-state index contributed by atoms with van der Waals surface area (Å²) < 4.78 is 7.69.